The SMILES string of the molecule is Cc1ccc(S(=O)(=O)N[C@H](c2ccccc2)c2c(C)c3ccccc3n2C(=O)N(C)C)cc1. The van der Waals surface area contributed by atoms with E-state index < -0.39 is 16.1 Å². The van der Waals surface area contributed by atoms with Crippen LogP contribution in [-0.2, 0) is 10.0 Å². The number of rotatable bonds is 5. The maximum absolute atomic E-state index is 13.4. The summed E-state index contributed by atoms with van der Waals surface area (Å²) in [5.74, 6) is 0. The van der Waals surface area contributed by atoms with Gasteiger partial charge in [-0.05, 0) is 43.2 Å². The molecule has 0 spiro atoms. The summed E-state index contributed by atoms with van der Waals surface area (Å²) in [7, 11) is -0.508. The molecule has 0 aliphatic heterocycles. The molecular weight excluding hydrogens is 434 g/mol. The zero-order chi connectivity index (χ0) is 23.8. The lowest BCUT2D eigenvalue weighted by Gasteiger charge is -2.24. The van der Waals surface area contributed by atoms with Crippen molar-refractivity contribution in [2.24, 2.45) is 0 Å². The number of aromatic nitrogens is 1. The molecule has 0 fully saturated rings. The van der Waals surface area contributed by atoms with Crippen LogP contribution in [-0.4, -0.2) is 38.0 Å². The highest BCUT2D eigenvalue weighted by Gasteiger charge is 2.31. The number of benzene rings is 3. The molecule has 0 saturated heterocycles. The summed E-state index contributed by atoms with van der Waals surface area (Å²) in [6, 6.07) is 22.6. The van der Waals surface area contributed by atoms with Crippen molar-refractivity contribution in [3.05, 3.63) is 101 Å². The van der Waals surface area contributed by atoms with Gasteiger partial charge in [0, 0.05) is 19.5 Å². The first-order valence-electron chi connectivity index (χ1n) is 10.7. The van der Waals surface area contributed by atoms with E-state index in [2.05, 4.69) is 4.72 Å². The molecule has 0 aliphatic rings. The molecule has 33 heavy (non-hydrogen) atoms. The molecule has 1 atom stereocenters. The van der Waals surface area contributed by atoms with E-state index in [4.69, 9.17) is 0 Å². The van der Waals surface area contributed by atoms with Crippen molar-refractivity contribution in [3.63, 3.8) is 0 Å². The minimum Gasteiger partial charge on any atom is -0.330 e. The topological polar surface area (TPSA) is 71.4 Å². The Morgan fingerprint density at radius 2 is 1.48 bits per heavy atom. The smallest absolute Gasteiger partial charge is 0.328 e. The van der Waals surface area contributed by atoms with Gasteiger partial charge in [-0.25, -0.2) is 13.2 Å². The highest BCUT2D eigenvalue weighted by atomic mass is 32.2. The van der Waals surface area contributed by atoms with Crippen LogP contribution in [0.5, 0.6) is 0 Å². The average Bonchev–Trinajstić information content (AvgIpc) is 3.10. The normalized spacial score (nSPS) is 12.6. The molecule has 6 nitrogen and oxygen atoms in total. The van der Waals surface area contributed by atoms with E-state index in [9.17, 15) is 13.2 Å². The fourth-order valence-electron chi connectivity index (χ4n) is 4.04. The number of hydrogen-bond acceptors (Lipinski definition) is 3. The number of sulfonamides is 1. The van der Waals surface area contributed by atoms with Gasteiger partial charge >= 0.3 is 6.03 Å². The predicted molar refractivity (Wildman–Crippen MR) is 131 cm³/mol. The van der Waals surface area contributed by atoms with E-state index in [0.717, 1.165) is 27.6 Å². The first kappa shape index (κ1) is 22.8. The zero-order valence-electron chi connectivity index (χ0n) is 19.1. The third-order valence-corrected chi connectivity index (χ3v) is 7.20. The Labute approximate surface area is 194 Å². The highest BCUT2D eigenvalue weighted by molar-refractivity contribution is 7.89. The van der Waals surface area contributed by atoms with E-state index in [1.165, 1.54) is 4.90 Å². The molecule has 1 aromatic heterocycles. The van der Waals surface area contributed by atoms with Gasteiger partial charge in [-0.1, -0.05) is 66.2 Å². The molecule has 4 aromatic rings. The number of hydrogen-bond donors (Lipinski definition) is 1. The maximum Gasteiger partial charge on any atom is 0.328 e. The Morgan fingerprint density at radius 1 is 0.879 bits per heavy atom. The van der Waals surface area contributed by atoms with E-state index in [-0.39, 0.29) is 10.9 Å². The van der Waals surface area contributed by atoms with Crippen LogP contribution in [0.1, 0.15) is 28.4 Å². The molecule has 0 unspecified atom stereocenters. The summed E-state index contributed by atoms with van der Waals surface area (Å²) in [6.45, 7) is 3.83. The van der Waals surface area contributed by atoms with E-state index >= 15 is 0 Å². The molecule has 3 aromatic carbocycles. The first-order chi connectivity index (χ1) is 15.7. The first-order valence-corrected chi connectivity index (χ1v) is 12.1. The van der Waals surface area contributed by atoms with Gasteiger partial charge in [0.2, 0.25) is 10.0 Å². The Hall–Kier alpha value is -3.42. The third kappa shape index (κ3) is 4.29. The minimum absolute atomic E-state index is 0.174. The van der Waals surface area contributed by atoms with Crippen molar-refractivity contribution < 1.29 is 13.2 Å². The minimum atomic E-state index is -3.88. The Morgan fingerprint density at radius 3 is 2.12 bits per heavy atom. The second-order valence-corrected chi connectivity index (χ2v) is 10.0. The molecule has 4 rings (SSSR count). The number of amides is 1. The van der Waals surface area contributed by atoms with Crippen LogP contribution in [0.4, 0.5) is 4.79 Å². The fourth-order valence-corrected chi connectivity index (χ4v) is 5.23. The average molecular weight is 462 g/mol. The standard InChI is InChI=1S/C26H27N3O3S/c1-18-14-16-21(17-15-18)33(31,32)27-24(20-10-6-5-7-11-20)25-19(2)22-12-8-9-13-23(22)29(25)26(30)28(3)4/h5-17,24,27H,1-4H3/t24-/m1/s1. The second kappa shape index (κ2) is 8.84. The van der Waals surface area contributed by atoms with Crippen LogP contribution >= 0.6 is 0 Å². The van der Waals surface area contributed by atoms with Crippen molar-refractivity contribution in [3.8, 4) is 0 Å². The number of carbonyl (C=O) groups is 1. The van der Waals surface area contributed by atoms with Crippen molar-refractivity contribution >= 4 is 27.0 Å². The molecule has 170 valence electrons. The third-order valence-electron chi connectivity index (χ3n) is 5.76. The Balaban J connectivity index is 1.96. The predicted octanol–water partition coefficient (Wildman–Crippen LogP) is 4.86. The quantitative estimate of drug-likeness (QED) is 0.462. The molecule has 0 saturated carbocycles. The second-order valence-electron chi connectivity index (χ2n) is 8.32. The molecule has 1 N–H and O–H groups in total. The van der Waals surface area contributed by atoms with Crippen molar-refractivity contribution in [2.75, 3.05) is 14.1 Å². The van der Waals surface area contributed by atoms with Crippen molar-refractivity contribution in [1.82, 2.24) is 14.2 Å². The fraction of sp³-hybridized carbons (Fsp3) is 0.192. The zero-order valence-corrected chi connectivity index (χ0v) is 19.9. The van der Waals surface area contributed by atoms with Crippen molar-refractivity contribution in [2.45, 2.75) is 24.8 Å². The maximum atomic E-state index is 13.4. The van der Waals surface area contributed by atoms with Crippen LogP contribution in [0.25, 0.3) is 10.9 Å². The van der Waals surface area contributed by atoms with Gasteiger partial charge < -0.3 is 4.90 Å². The molecule has 1 heterocycles. The molecule has 0 bridgehead atoms. The summed E-state index contributed by atoms with van der Waals surface area (Å²) >= 11 is 0. The summed E-state index contributed by atoms with van der Waals surface area (Å²) < 4.78 is 31.3. The monoisotopic (exact) mass is 461 g/mol. The van der Waals surface area contributed by atoms with Crippen LogP contribution in [0.15, 0.2) is 83.8 Å². The van der Waals surface area contributed by atoms with E-state index in [0.29, 0.717) is 5.69 Å². The van der Waals surface area contributed by atoms with E-state index in [1.54, 1.807) is 42.9 Å². The number of carbonyl (C=O) groups excluding carboxylic acids is 1. The molecule has 0 radical (unpaired) electrons. The molecular formula is C26H27N3O3S. The van der Waals surface area contributed by atoms with Gasteiger partial charge in [-0.2, -0.15) is 4.72 Å². The Bertz CT molecular complexity index is 1410. The van der Waals surface area contributed by atoms with Gasteiger partial charge in [0.15, 0.2) is 0 Å². The van der Waals surface area contributed by atoms with Crippen LogP contribution in [0.3, 0.4) is 0 Å². The number of nitrogens with one attached hydrogen (secondary N) is 1. The number of nitrogens with zero attached hydrogens (tertiary/aromatic N) is 2. The number of aryl methyl sites for hydroxylation is 2. The summed E-state index contributed by atoms with van der Waals surface area (Å²) in [4.78, 5) is 15.0. The lowest BCUT2D eigenvalue weighted by atomic mass is 10.0. The van der Waals surface area contributed by atoms with Crippen LogP contribution in [0, 0.1) is 13.8 Å². The van der Waals surface area contributed by atoms with E-state index in [1.807, 2.05) is 68.4 Å². The number of fused-ring (bicyclic) bond motifs is 1. The molecule has 7 heteroatoms. The largest absolute Gasteiger partial charge is 0.330 e. The van der Waals surface area contributed by atoms with Gasteiger partial charge in [0.1, 0.15) is 0 Å². The van der Waals surface area contributed by atoms with Crippen molar-refractivity contribution in [1.29, 1.82) is 0 Å². The summed E-state index contributed by atoms with van der Waals surface area (Å²) in [5, 5.41) is 0.901. The number of para-hydroxylation sites is 1. The summed E-state index contributed by atoms with van der Waals surface area (Å²) in [6.07, 6.45) is 0. The lowest BCUT2D eigenvalue weighted by molar-refractivity contribution is 0.219. The van der Waals surface area contributed by atoms with Gasteiger partial charge in [-0.15, -0.1) is 0 Å². The van der Waals surface area contributed by atoms with Gasteiger partial charge in [-0.3, -0.25) is 4.57 Å². The summed E-state index contributed by atoms with van der Waals surface area (Å²) in [5.41, 5.74) is 3.89. The van der Waals surface area contributed by atoms with Crippen LogP contribution < -0.4 is 4.72 Å². The molecule has 1 amide bonds. The molecule has 0 aliphatic carbocycles. The van der Waals surface area contributed by atoms with Gasteiger partial charge in [0.25, 0.3) is 0 Å². The highest BCUT2D eigenvalue weighted by Crippen LogP contribution is 2.34. The van der Waals surface area contributed by atoms with Crippen LogP contribution in [0.2, 0.25) is 0 Å². The van der Waals surface area contributed by atoms with Gasteiger partial charge in [0.05, 0.1) is 22.1 Å². The Kier molecular flexibility index (Phi) is 6.10. The lowest BCUT2D eigenvalue weighted by Crippen LogP contribution is -2.35.